The first-order valence-corrected chi connectivity index (χ1v) is 9.09. The fraction of sp³-hybridized carbons (Fsp3) is 0.350. The fourth-order valence-corrected chi connectivity index (χ4v) is 3.93. The van der Waals surface area contributed by atoms with Gasteiger partial charge in [0.2, 0.25) is 0 Å². The van der Waals surface area contributed by atoms with Crippen LogP contribution in [0.1, 0.15) is 29.6 Å². The molecule has 2 bridgehead atoms. The molecule has 25 heavy (non-hydrogen) atoms. The van der Waals surface area contributed by atoms with Gasteiger partial charge in [-0.25, -0.2) is 4.39 Å². The lowest BCUT2D eigenvalue weighted by Gasteiger charge is -2.24. The van der Waals surface area contributed by atoms with Crippen LogP contribution in [0.4, 0.5) is 4.39 Å². The number of amides is 1. The van der Waals surface area contributed by atoms with Crippen LogP contribution in [0, 0.1) is 5.82 Å². The molecule has 0 aromatic heterocycles. The van der Waals surface area contributed by atoms with Crippen LogP contribution in [0.2, 0.25) is 5.02 Å². The van der Waals surface area contributed by atoms with Gasteiger partial charge in [0.1, 0.15) is 5.82 Å². The van der Waals surface area contributed by atoms with Crippen molar-refractivity contribution in [2.75, 3.05) is 13.1 Å². The van der Waals surface area contributed by atoms with Gasteiger partial charge in [-0.2, -0.15) is 0 Å². The summed E-state index contributed by atoms with van der Waals surface area (Å²) in [6.07, 6.45) is 3.20. The largest absolute Gasteiger partial charge is 0.337 e. The number of halogens is 2. The highest BCUT2D eigenvalue weighted by molar-refractivity contribution is 6.30. The summed E-state index contributed by atoms with van der Waals surface area (Å²) in [4.78, 5) is 14.6. The molecule has 2 unspecified atom stereocenters. The minimum Gasteiger partial charge on any atom is -0.337 e. The van der Waals surface area contributed by atoms with Crippen molar-refractivity contribution in [1.82, 2.24) is 10.2 Å². The lowest BCUT2D eigenvalue weighted by atomic mass is 10.0. The third-order valence-corrected chi connectivity index (χ3v) is 5.44. The molecule has 2 aromatic rings. The average Bonchev–Trinajstić information content (AvgIpc) is 2.94. The molecule has 1 N–H and O–H groups in total. The topological polar surface area (TPSA) is 32.3 Å². The van der Waals surface area contributed by atoms with E-state index >= 15 is 0 Å². The molecule has 0 spiro atoms. The first-order valence-electron chi connectivity index (χ1n) is 8.71. The zero-order valence-corrected chi connectivity index (χ0v) is 14.6. The second-order valence-corrected chi connectivity index (χ2v) is 7.32. The Morgan fingerprint density at radius 3 is 2.52 bits per heavy atom. The van der Waals surface area contributed by atoms with E-state index in [-0.39, 0.29) is 11.5 Å². The Balaban J connectivity index is 1.56. The average molecular weight is 359 g/mol. The van der Waals surface area contributed by atoms with Crippen molar-refractivity contribution >= 4 is 17.5 Å². The molecule has 2 atom stereocenters. The number of hydrogen-bond acceptors (Lipinski definition) is 2. The number of rotatable bonds is 2. The molecule has 2 aromatic carbocycles. The minimum atomic E-state index is -0.472. The zero-order valence-electron chi connectivity index (χ0n) is 13.8. The Labute approximate surface area is 151 Å². The van der Waals surface area contributed by atoms with E-state index < -0.39 is 5.82 Å². The van der Waals surface area contributed by atoms with E-state index in [2.05, 4.69) is 5.32 Å². The van der Waals surface area contributed by atoms with Crippen molar-refractivity contribution in [2.24, 2.45) is 0 Å². The maximum absolute atomic E-state index is 14.6. The van der Waals surface area contributed by atoms with Gasteiger partial charge in [0, 0.05) is 30.2 Å². The molecule has 2 fully saturated rings. The SMILES string of the molecule is O=C(c1ccc(-c2ccc(Cl)cc2)cc1F)N1CCC2CCC(C1)N2. The summed E-state index contributed by atoms with van der Waals surface area (Å²) in [5.41, 5.74) is 1.76. The number of likely N-dealkylation sites (tertiary alicyclic amines) is 1. The van der Waals surface area contributed by atoms with Gasteiger partial charge < -0.3 is 10.2 Å². The van der Waals surface area contributed by atoms with Crippen molar-refractivity contribution in [2.45, 2.75) is 31.3 Å². The summed E-state index contributed by atoms with van der Waals surface area (Å²) in [6.45, 7) is 1.35. The van der Waals surface area contributed by atoms with Crippen LogP contribution < -0.4 is 5.32 Å². The van der Waals surface area contributed by atoms with Crippen LogP contribution in [0.25, 0.3) is 11.1 Å². The van der Waals surface area contributed by atoms with Crippen LogP contribution >= 0.6 is 11.6 Å². The molecule has 1 amide bonds. The lowest BCUT2D eigenvalue weighted by molar-refractivity contribution is 0.0743. The molecular formula is C20H20ClFN2O. The highest BCUT2D eigenvalue weighted by Gasteiger charge is 2.32. The Hall–Kier alpha value is -1.91. The van der Waals surface area contributed by atoms with Gasteiger partial charge in [0.05, 0.1) is 5.56 Å². The van der Waals surface area contributed by atoms with Crippen LogP contribution in [-0.2, 0) is 0 Å². The van der Waals surface area contributed by atoms with Crippen molar-refractivity contribution in [1.29, 1.82) is 0 Å². The number of hydrogen-bond donors (Lipinski definition) is 1. The van der Waals surface area contributed by atoms with Gasteiger partial charge in [-0.1, -0.05) is 29.8 Å². The number of carbonyl (C=O) groups excluding carboxylic acids is 1. The Morgan fingerprint density at radius 2 is 1.76 bits per heavy atom. The zero-order chi connectivity index (χ0) is 17.4. The second-order valence-electron chi connectivity index (χ2n) is 6.88. The van der Waals surface area contributed by atoms with Crippen LogP contribution in [0.5, 0.6) is 0 Å². The maximum Gasteiger partial charge on any atom is 0.256 e. The van der Waals surface area contributed by atoms with Crippen molar-refractivity contribution in [3.8, 4) is 11.1 Å². The molecule has 2 aliphatic heterocycles. The second kappa shape index (κ2) is 6.77. The van der Waals surface area contributed by atoms with E-state index in [4.69, 9.17) is 11.6 Å². The summed E-state index contributed by atoms with van der Waals surface area (Å²) in [7, 11) is 0. The van der Waals surface area contributed by atoms with Gasteiger partial charge in [0.15, 0.2) is 0 Å². The molecule has 3 nitrogen and oxygen atoms in total. The smallest absolute Gasteiger partial charge is 0.256 e. The summed E-state index contributed by atoms with van der Waals surface area (Å²) < 4.78 is 14.6. The Kier molecular flexibility index (Phi) is 4.48. The molecule has 0 aliphatic carbocycles. The lowest BCUT2D eigenvalue weighted by Crippen LogP contribution is -2.39. The van der Waals surface area contributed by atoms with Crippen LogP contribution in [0.3, 0.4) is 0 Å². The van der Waals surface area contributed by atoms with Crippen molar-refractivity contribution < 1.29 is 9.18 Å². The Bertz CT molecular complexity index is 793. The van der Waals surface area contributed by atoms with Gasteiger partial charge in [-0.05, 0) is 54.7 Å². The van der Waals surface area contributed by atoms with E-state index in [1.165, 1.54) is 12.5 Å². The molecule has 0 saturated carbocycles. The fourth-order valence-electron chi connectivity index (χ4n) is 3.81. The quantitative estimate of drug-likeness (QED) is 0.876. The summed E-state index contributed by atoms with van der Waals surface area (Å²) in [6, 6.07) is 12.9. The van der Waals surface area contributed by atoms with Crippen LogP contribution in [0.15, 0.2) is 42.5 Å². The van der Waals surface area contributed by atoms with Crippen LogP contribution in [-0.4, -0.2) is 36.0 Å². The highest BCUT2D eigenvalue weighted by Crippen LogP contribution is 2.26. The van der Waals surface area contributed by atoms with E-state index in [1.807, 2.05) is 12.1 Å². The summed E-state index contributed by atoms with van der Waals surface area (Å²) >= 11 is 5.89. The first-order chi connectivity index (χ1) is 12.1. The number of carbonyl (C=O) groups is 1. The molecule has 130 valence electrons. The number of nitrogens with one attached hydrogen (secondary N) is 1. The first kappa shape index (κ1) is 16.6. The standard InChI is InChI=1S/C20H20ClFN2O/c21-15-4-1-13(2-5-15)14-3-8-18(19(22)11-14)20(25)24-10-9-16-6-7-17(12-24)23-16/h1-5,8,11,16-17,23H,6-7,9-10,12H2. The molecule has 0 radical (unpaired) electrons. The molecule has 2 heterocycles. The minimum absolute atomic E-state index is 0.149. The van der Waals surface area contributed by atoms with E-state index in [0.29, 0.717) is 30.2 Å². The van der Waals surface area contributed by atoms with Crippen molar-refractivity contribution in [3.63, 3.8) is 0 Å². The van der Waals surface area contributed by atoms with Gasteiger partial charge in [-0.15, -0.1) is 0 Å². The molecule has 2 saturated heterocycles. The van der Waals surface area contributed by atoms with E-state index in [0.717, 1.165) is 24.0 Å². The third kappa shape index (κ3) is 3.42. The molecule has 4 rings (SSSR count). The summed E-state index contributed by atoms with van der Waals surface area (Å²) in [5.74, 6) is -0.686. The predicted octanol–water partition coefficient (Wildman–Crippen LogP) is 4.11. The normalized spacial score (nSPS) is 22.7. The molecule has 2 aliphatic rings. The number of fused-ring (bicyclic) bond motifs is 2. The third-order valence-electron chi connectivity index (χ3n) is 5.19. The molecular weight excluding hydrogens is 339 g/mol. The number of nitrogens with zero attached hydrogens (tertiary/aromatic N) is 1. The predicted molar refractivity (Wildman–Crippen MR) is 97.3 cm³/mol. The van der Waals surface area contributed by atoms with E-state index in [9.17, 15) is 9.18 Å². The van der Waals surface area contributed by atoms with E-state index in [1.54, 1.807) is 29.2 Å². The summed E-state index contributed by atoms with van der Waals surface area (Å²) in [5, 5.41) is 4.18. The highest BCUT2D eigenvalue weighted by atomic mass is 35.5. The van der Waals surface area contributed by atoms with Gasteiger partial charge in [0.25, 0.3) is 5.91 Å². The molecule has 5 heteroatoms. The maximum atomic E-state index is 14.6. The van der Waals surface area contributed by atoms with Crippen molar-refractivity contribution in [3.05, 3.63) is 58.9 Å². The number of benzene rings is 2. The Morgan fingerprint density at radius 1 is 1.04 bits per heavy atom. The van der Waals surface area contributed by atoms with Gasteiger partial charge >= 0.3 is 0 Å². The van der Waals surface area contributed by atoms with Gasteiger partial charge in [-0.3, -0.25) is 4.79 Å². The monoisotopic (exact) mass is 358 g/mol.